The number of hydrogen-bond donors (Lipinski definition) is 0. The highest BCUT2D eigenvalue weighted by atomic mass is 19.4. The van der Waals surface area contributed by atoms with E-state index in [0.29, 0.717) is 6.42 Å². The zero-order valence-electron chi connectivity index (χ0n) is 8.28. The molecule has 0 heterocycles. The maximum Gasteiger partial charge on any atom is 0.441 e. The molecule has 1 unspecified atom stereocenters. The topological polar surface area (TPSA) is 26.3 Å². The van der Waals surface area contributed by atoms with Gasteiger partial charge in [-0.05, 0) is 6.42 Å². The fraction of sp³-hybridized carbons (Fsp3) is 0.875. The average molecular weight is 252 g/mol. The van der Waals surface area contributed by atoms with Gasteiger partial charge in [0.25, 0.3) is 6.17 Å². The molecule has 0 aromatic heterocycles. The molecule has 0 aliphatic rings. The van der Waals surface area contributed by atoms with Crippen LogP contribution in [-0.4, -0.2) is 24.4 Å². The lowest BCUT2D eigenvalue weighted by atomic mass is 10.2. The molecule has 96 valence electrons. The third-order valence-corrected chi connectivity index (χ3v) is 1.57. The largest absolute Gasteiger partial charge is 0.441 e. The van der Waals surface area contributed by atoms with Gasteiger partial charge in [-0.1, -0.05) is 13.3 Å². The molecule has 0 aromatic rings. The second-order valence-corrected chi connectivity index (χ2v) is 3.04. The number of hydrogen-bond acceptors (Lipinski definition) is 2. The minimum Gasteiger partial charge on any atom is -0.398 e. The third kappa shape index (κ3) is 4.71. The first-order valence-corrected chi connectivity index (χ1v) is 4.41. The molecule has 8 heteroatoms. The van der Waals surface area contributed by atoms with Crippen LogP contribution in [-0.2, 0) is 9.53 Å². The lowest BCUT2D eigenvalue weighted by Crippen LogP contribution is -2.44. The summed E-state index contributed by atoms with van der Waals surface area (Å²) in [5.41, 5.74) is 0. The molecule has 0 fully saturated rings. The number of carbonyl (C=O) groups is 1. The van der Waals surface area contributed by atoms with Gasteiger partial charge in [0.2, 0.25) is 0 Å². The molecule has 0 saturated carbocycles. The quantitative estimate of drug-likeness (QED) is 0.554. The fourth-order valence-electron chi connectivity index (χ4n) is 0.766. The van der Waals surface area contributed by atoms with Crippen LogP contribution in [0.2, 0.25) is 0 Å². The molecule has 0 aromatic carbocycles. The van der Waals surface area contributed by atoms with Crippen LogP contribution in [0, 0.1) is 0 Å². The molecule has 0 spiro atoms. The van der Waals surface area contributed by atoms with Gasteiger partial charge < -0.3 is 4.74 Å². The van der Waals surface area contributed by atoms with Crippen molar-refractivity contribution in [2.75, 3.05) is 0 Å². The summed E-state index contributed by atoms with van der Waals surface area (Å²) in [7, 11) is 0. The van der Waals surface area contributed by atoms with Gasteiger partial charge in [0.15, 0.2) is 0 Å². The van der Waals surface area contributed by atoms with Gasteiger partial charge in [-0.2, -0.15) is 22.0 Å². The Morgan fingerprint density at radius 3 is 2.12 bits per heavy atom. The molecule has 0 amide bonds. The molecular weight excluding hydrogens is 242 g/mol. The summed E-state index contributed by atoms with van der Waals surface area (Å²) < 4.78 is 75.1. The summed E-state index contributed by atoms with van der Waals surface area (Å²) in [4.78, 5) is 10.6. The summed E-state index contributed by atoms with van der Waals surface area (Å²) >= 11 is 0. The predicted molar refractivity (Wildman–Crippen MR) is 41.5 cm³/mol. The van der Waals surface area contributed by atoms with Gasteiger partial charge in [0.1, 0.15) is 0 Å². The second-order valence-electron chi connectivity index (χ2n) is 3.04. The standard InChI is InChI=1S/C8H10F6O2/c1-2-3-4-5(15)16-8(13,14)6(9)7(10,11)12/h6H,2-4H2,1H3. The van der Waals surface area contributed by atoms with Crippen molar-refractivity contribution in [3.8, 4) is 0 Å². The van der Waals surface area contributed by atoms with Crippen molar-refractivity contribution in [3.05, 3.63) is 0 Å². The number of unbranched alkanes of at least 4 members (excludes halogenated alkanes) is 1. The highest BCUT2D eigenvalue weighted by Gasteiger charge is 2.59. The summed E-state index contributed by atoms with van der Waals surface area (Å²) in [6.07, 6.45) is -15.3. The molecule has 0 N–H and O–H groups in total. The smallest absolute Gasteiger partial charge is 0.398 e. The number of halogens is 6. The zero-order valence-corrected chi connectivity index (χ0v) is 8.28. The van der Waals surface area contributed by atoms with E-state index >= 15 is 0 Å². The first-order chi connectivity index (χ1) is 7.11. The Labute approximate surface area is 87.6 Å². The fourth-order valence-corrected chi connectivity index (χ4v) is 0.766. The molecule has 0 rings (SSSR count). The van der Waals surface area contributed by atoms with E-state index in [1.807, 2.05) is 0 Å². The van der Waals surface area contributed by atoms with Crippen molar-refractivity contribution in [2.45, 2.75) is 44.6 Å². The van der Waals surface area contributed by atoms with E-state index in [2.05, 4.69) is 4.74 Å². The van der Waals surface area contributed by atoms with E-state index in [1.165, 1.54) is 0 Å². The van der Waals surface area contributed by atoms with E-state index in [4.69, 9.17) is 0 Å². The van der Waals surface area contributed by atoms with Crippen molar-refractivity contribution in [1.29, 1.82) is 0 Å². The Balaban J connectivity index is 4.39. The summed E-state index contributed by atoms with van der Waals surface area (Å²) in [6.45, 7) is 1.64. The third-order valence-electron chi connectivity index (χ3n) is 1.57. The number of rotatable bonds is 5. The normalized spacial score (nSPS) is 14.7. The first-order valence-electron chi connectivity index (χ1n) is 4.41. The van der Waals surface area contributed by atoms with Gasteiger partial charge in [0.05, 0.1) is 0 Å². The minimum absolute atomic E-state index is 0.178. The van der Waals surface area contributed by atoms with E-state index < -0.39 is 30.8 Å². The van der Waals surface area contributed by atoms with Crippen molar-refractivity contribution in [1.82, 2.24) is 0 Å². The number of carbonyl (C=O) groups excluding carboxylic acids is 1. The number of esters is 1. The number of alkyl halides is 6. The average Bonchev–Trinajstić information content (AvgIpc) is 2.11. The van der Waals surface area contributed by atoms with Crippen molar-refractivity contribution < 1.29 is 35.9 Å². The van der Waals surface area contributed by atoms with Gasteiger partial charge in [0, 0.05) is 6.42 Å². The van der Waals surface area contributed by atoms with E-state index in [-0.39, 0.29) is 6.42 Å². The van der Waals surface area contributed by atoms with Crippen LogP contribution in [0.1, 0.15) is 26.2 Å². The van der Waals surface area contributed by atoms with Crippen LogP contribution in [0.3, 0.4) is 0 Å². The molecular formula is C8H10F6O2. The predicted octanol–water partition coefficient (Wildman–Crippen LogP) is 3.21. The molecule has 0 aliphatic carbocycles. The van der Waals surface area contributed by atoms with Crippen LogP contribution >= 0.6 is 0 Å². The maximum absolute atomic E-state index is 12.5. The van der Waals surface area contributed by atoms with Crippen LogP contribution in [0.5, 0.6) is 0 Å². The van der Waals surface area contributed by atoms with Crippen LogP contribution < -0.4 is 0 Å². The van der Waals surface area contributed by atoms with E-state index in [9.17, 15) is 31.1 Å². The SMILES string of the molecule is CCCCC(=O)OC(F)(F)C(F)C(F)(F)F. The van der Waals surface area contributed by atoms with E-state index in [0.717, 1.165) is 0 Å². The molecule has 1 atom stereocenters. The Hall–Kier alpha value is -0.950. The van der Waals surface area contributed by atoms with Crippen molar-refractivity contribution >= 4 is 5.97 Å². The van der Waals surface area contributed by atoms with E-state index in [1.54, 1.807) is 6.92 Å². The Morgan fingerprint density at radius 2 is 1.75 bits per heavy atom. The number of ether oxygens (including phenoxy) is 1. The molecule has 2 nitrogen and oxygen atoms in total. The Bertz CT molecular complexity index is 237. The lowest BCUT2D eigenvalue weighted by molar-refractivity contribution is -0.322. The Kier molecular flexibility index (Phi) is 5.08. The Morgan fingerprint density at radius 1 is 1.25 bits per heavy atom. The zero-order chi connectivity index (χ0) is 13.0. The second kappa shape index (κ2) is 5.40. The summed E-state index contributed by atoms with van der Waals surface area (Å²) in [6, 6.07) is 0. The maximum atomic E-state index is 12.5. The van der Waals surface area contributed by atoms with Gasteiger partial charge in [-0.25, -0.2) is 4.39 Å². The van der Waals surface area contributed by atoms with Crippen LogP contribution in [0.15, 0.2) is 0 Å². The van der Waals surface area contributed by atoms with Crippen molar-refractivity contribution in [2.24, 2.45) is 0 Å². The van der Waals surface area contributed by atoms with Gasteiger partial charge in [-0.3, -0.25) is 4.79 Å². The van der Waals surface area contributed by atoms with Gasteiger partial charge >= 0.3 is 18.3 Å². The minimum atomic E-state index is -5.77. The highest BCUT2D eigenvalue weighted by Crippen LogP contribution is 2.35. The molecule has 16 heavy (non-hydrogen) atoms. The summed E-state index contributed by atoms with van der Waals surface area (Å²) in [5.74, 6) is -1.56. The molecule has 0 bridgehead atoms. The molecule has 0 aliphatic heterocycles. The monoisotopic (exact) mass is 252 g/mol. The van der Waals surface area contributed by atoms with Crippen LogP contribution in [0.25, 0.3) is 0 Å². The van der Waals surface area contributed by atoms with Crippen LogP contribution in [0.4, 0.5) is 26.3 Å². The molecule has 0 saturated heterocycles. The van der Waals surface area contributed by atoms with Crippen molar-refractivity contribution in [3.63, 3.8) is 0 Å². The first kappa shape index (κ1) is 15.0. The van der Waals surface area contributed by atoms with Gasteiger partial charge in [-0.15, -0.1) is 0 Å². The summed E-state index contributed by atoms with van der Waals surface area (Å²) in [5, 5.41) is 0. The molecule has 0 radical (unpaired) electrons. The highest BCUT2D eigenvalue weighted by molar-refractivity contribution is 5.69. The lowest BCUT2D eigenvalue weighted by Gasteiger charge is -2.21.